The van der Waals surface area contributed by atoms with Crippen molar-refractivity contribution in [3.8, 4) is 0 Å². The second-order valence-corrected chi connectivity index (χ2v) is 8.76. The van der Waals surface area contributed by atoms with Crippen molar-refractivity contribution in [1.29, 1.82) is 0 Å². The number of halogens is 1. The molecule has 0 aromatic heterocycles. The molecule has 24 heavy (non-hydrogen) atoms. The van der Waals surface area contributed by atoms with Gasteiger partial charge in [-0.05, 0) is 49.4 Å². The van der Waals surface area contributed by atoms with Crippen LogP contribution in [-0.4, -0.2) is 49.7 Å². The Balaban J connectivity index is 2.04. The average molecular weight is 356 g/mol. The average Bonchev–Trinajstić information content (AvgIpc) is 3.32. The maximum atomic E-state index is 13.0. The molecule has 1 saturated carbocycles. The second kappa shape index (κ2) is 7.61. The number of carbonyl (C=O) groups is 1. The highest BCUT2D eigenvalue weighted by Gasteiger charge is 2.34. The van der Waals surface area contributed by atoms with Gasteiger partial charge in [-0.25, -0.2) is 12.8 Å². The van der Waals surface area contributed by atoms with Gasteiger partial charge in [0.2, 0.25) is 15.9 Å². The lowest BCUT2D eigenvalue weighted by atomic mass is 10.1. The van der Waals surface area contributed by atoms with Crippen molar-refractivity contribution >= 4 is 15.9 Å². The Kier molecular flexibility index (Phi) is 5.98. The summed E-state index contributed by atoms with van der Waals surface area (Å²) in [7, 11) is -2.42. The van der Waals surface area contributed by atoms with Gasteiger partial charge in [-0.1, -0.05) is 13.8 Å². The van der Waals surface area contributed by atoms with Crippen LogP contribution in [0, 0.1) is 11.7 Å². The van der Waals surface area contributed by atoms with E-state index in [0.717, 1.165) is 35.7 Å². The summed E-state index contributed by atoms with van der Waals surface area (Å²) < 4.78 is 39.0. The van der Waals surface area contributed by atoms with Gasteiger partial charge in [-0.3, -0.25) is 4.79 Å². The quantitative estimate of drug-likeness (QED) is 0.719. The number of benzene rings is 1. The standard InChI is InChI=1S/C17H25FN2O3S/c1-13(2)10-11-20(15-6-7-15)17(21)12-19(3)24(22,23)16-8-4-14(18)5-9-16/h4-5,8-9,13,15H,6-7,10-12H2,1-3H3. The summed E-state index contributed by atoms with van der Waals surface area (Å²) in [5.74, 6) is -0.188. The van der Waals surface area contributed by atoms with Crippen molar-refractivity contribution in [2.45, 2.75) is 44.0 Å². The van der Waals surface area contributed by atoms with Crippen LogP contribution < -0.4 is 0 Å². The van der Waals surface area contributed by atoms with Crippen molar-refractivity contribution in [3.05, 3.63) is 30.1 Å². The molecular formula is C17H25FN2O3S. The molecule has 7 heteroatoms. The van der Waals surface area contributed by atoms with Crippen molar-refractivity contribution in [2.75, 3.05) is 20.1 Å². The van der Waals surface area contributed by atoms with Crippen LogP contribution in [0.1, 0.15) is 33.1 Å². The zero-order chi connectivity index (χ0) is 17.9. The molecule has 0 aliphatic heterocycles. The number of likely N-dealkylation sites (N-methyl/N-ethyl adjacent to an activating group) is 1. The number of hydrogen-bond acceptors (Lipinski definition) is 3. The molecular weight excluding hydrogens is 331 g/mol. The van der Waals surface area contributed by atoms with Crippen LogP contribution in [0.3, 0.4) is 0 Å². The van der Waals surface area contributed by atoms with E-state index < -0.39 is 15.8 Å². The van der Waals surface area contributed by atoms with Crippen LogP contribution in [0.2, 0.25) is 0 Å². The summed E-state index contributed by atoms with van der Waals surface area (Å²) in [4.78, 5) is 14.3. The van der Waals surface area contributed by atoms with E-state index in [0.29, 0.717) is 12.5 Å². The SMILES string of the molecule is CC(C)CCN(C(=O)CN(C)S(=O)(=O)c1ccc(F)cc1)C1CC1. The first-order chi connectivity index (χ1) is 11.2. The highest BCUT2D eigenvalue weighted by Crippen LogP contribution is 2.28. The summed E-state index contributed by atoms with van der Waals surface area (Å²) in [5, 5.41) is 0. The van der Waals surface area contributed by atoms with Crippen LogP contribution >= 0.6 is 0 Å². The maximum Gasteiger partial charge on any atom is 0.243 e. The third-order valence-electron chi connectivity index (χ3n) is 4.14. The third kappa shape index (κ3) is 4.77. The lowest BCUT2D eigenvalue weighted by Gasteiger charge is -2.26. The van der Waals surface area contributed by atoms with E-state index in [1.165, 1.54) is 19.2 Å². The zero-order valence-electron chi connectivity index (χ0n) is 14.4. The van der Waals surface area contributed by atoms with Gasteiger partial charge < -0.3 is 4.90 Å². The fourth-order valence-corrected chi connectivity index (χ4v) is 3.57. The smallest absolute Gasteiger partial charge is 0.243 e. The van der Waals surface area contributed by atoms with Gasteiger partial charge in [0.25, 0.3) is 0 Å². The Labute approximate surface area is 143 Å². The van der Waals surface area contributed by atoms with Crippen LogP contribution in [0.4, 0.5) is 4.39 Å². The predicted octanol–water partition coefficient (Wildman–Crippen LogP) is 2.48. The second-order valence-electron chi connectivity index (χ2n) is 6.72. The first kappa shape index (κ1) is 18.9. The van der Waals surface area contributed by atoms with Gasteiger partial charge in [0, 0.05) is 19.6 Å². The summed E-state index contributed by atoms with van der Waals surface area (Å²) in [6.45, 7) is 4.65. The van der Waals surface area contributed by atoms with Crippen LogP contribution in [0.25, 0.3) is 0 Å². The molecule has 0 N–H and O–H groups in total. The van der Waals surface area contributed by atoms with E-state index in [-0.39, 0.29) is 23.4 Å². The lowest BCUT2D eigenvalue weighted by Crippen LogP contribution is -2.42. The molecule has 0 saturated heterocycles. The monoisotopic (exact) mass is 356 g/mol. The molecule has 2 rings (SSSR count). The van der Waals surface area contributed by atoms with Gasteiger partial charge in [-0.2, -0.15) is 4.31 Å². The summed E-state index contributed by atoms with van der Waals surface area (Å²) >= 11 is 0. The van der Waals surface area contributed by atoms with E-state index in [4.69, 9.17) is 0 Å². The van der Waals surface area contributed by atoms with E-state index in [9.17, 15) is 17.6 Å². The van der Waals surface area contributed by atoms with Crippen molar-refractivity contribution in [1.82, 2.24) is 9.21 Å². The predicted molar refractivity (Wildman–Crippen MR) is 90.4 cm³/mol. The lowest BCUT2D eigenvalue weighted by molar-refractivity contribution is -0.132. The molecule has 134 valence electrons. The molecule has 1 aromatic rings. The Morgan fingerprint density at radius 2 is 1.83 bits per heavy atom. The van der Waals surface area contributed by atoms with Crippen LogP contribution in [0.5, 0.6) is 0 Å². The molecule has 0 spiro atoms. The highest BCUT2D eigenvalue weighted by molar-refractivity contribution is 7.89. The molecule has 0 bridgehead atoms. The molecule has 1 amide bonds. The maximum absolute atomic E-state index is 13.0. The Hall–Kier alpha value is -1.47. The van der Waals surface area contributed by atoms with E-state index in [1.54, 1.807) is 4.90 Å². The molecule has 1 fully saturated rings. The number of carbonyl (C=O) groups excluding carboxylic acids is 1. The number of rotatable bonds is 8. The van der Waals surface area contributed by atoms with Crippen LogP contribution in [0.15, 0.2) is 29.2 Å². The minimum absolute atomic E-state index is 0.0145. The van der Waals surface area contributed by atoms with Crippen molar-refractivity contribution in [3.63, 3.8) is 0 Å². The molecule has 1 aliphatic rings. The minimum Gasteiger partial charge on any atom is -0.339 e. The molecule has 0 radical (unpaired) electrons. The fourth-order valence-electron chi connectivity index (χ4n) is 2.45. The normalized spacial score (nSPS) is 15.1. The summed E-state index contributed by atoms with van der Waals surface area (Å²) in [6.07, 6.45) is 2.87. The summed E-state index contributed by atoms with van der Waals surface area (Å²) in [6, 6.07) is 4.87. The third-order valence-corrected chi connectivity index (χ3v) is 5.95. The van der Waals surface area contributed by atoms with Crippen LogP contribution in [-0.2, 0) is 14.8 Å². The minimum atomic E-state index is -3.80. The number of sulfonamides is 1. The van der Waals surface area contributed by atoms with Gasteiger partial charge in [0.05, 0.1) is 11.4 Å². The molecule has 0 atom stereocenters. The van der Waals surface area contributed by atoms with Gasteiger partial charge in [-0.15, -0.1) is 0 Å². The van der Waals surface area contributed by atoms with E-state index in [2.05, 4.69) is 13.8 Å². The Morgan fingerprint density at radius 1 is 1.25 bits per heavy atom. The highest BCUT2D eigenvalue weighted by atomic mass is 32.2. The number of nitrogens with zero attached hydrogens (tertiary/aromatic N) is 2. The van der Waals surface area contributed by atoms with E-state index in [1.807, 2.05) is 0 Å². The first-order valence-electron chi connectivity index (χ1n) is 8.23. The van der Waals surface area contributed by atoms with Gasteiger partial charge in [0.1, 0.15) is 5.82 Å². The molecule has 0 heterocycles. The van der Waals surface area contributed by atoms with Gasteiger partial charge in [0.15, 0.2) is 0 Å². The number of amides is 1. The topological polar surface area (TPSA) is 57.7 Å². The molecule has 1 aliphatic carbocycles. The van der Waals surface area contributed by atoms with Gasteiger partial charge >= 0.3 is 0 Å². The van der Waals surface area contributed by atoms with Crippen molar-refractivity contribution < 1.29 is 17.6 Å². The first-order valence-corrected chi connectivity index (χ1v) is 9.67. The molecule has 1 aromatic carbocycles. The molecule has 5 nitrogen and oxygen atoms in total. The number of hydrogen-bond donors (Lipinski definition) is 0. The van der Waals surface area contributed by atoms with E-state index >= 15 is 0 Å². The summed E-state index contributed by atoms with van der Waals surface area (Å²) in [5.41, 5.74) is 0. The zero-order valence-corrected chi connectivity index (χ0v) is 15.2. The van der Waals surface area contributed by atoms with Crippen molar-refractivity contribution in [2.24, 2.45) is 5.92 Å². The molecule has 0 unspecified atom stereocenters. The Morgan fingerprint density at radius 3 is 2.33 bits per heavy atom. The fraction of sp³-hybridized carbons (Fsp3) is 0.588. The Bertz CT molecular complexity index is 670. The largest absolute Gasteiger partial charge is 0.339 e.